The van der Waals surface area contributed by atoms with Crippen LogP contribution in [0.3, 0.4) is 0 Å². The minimum atomic E-state index is -0.872. The predicted octanol–water partition coefficient (Wildman–Crippen LogP) is 3.61. The molecule has 1 amide bonds. The second-order valence-corrected chi connectivity index (χ2v) is 6.82. The van der Waals surface area contributed by atoms with Gasteiger partial charge in [-0.2, -0.15) is 0 Å². The molecule has 0 saturated heterocycles. The van der Waals surface area contributed by atoms with Gasteiger partial charge in [-0.3, -0.25) is 4.79 Å². The van der Waals surface area contributed by atoms with E-state index in [0.29, 0.717) is 24.3 Å². The molecular formula is C22H20N2O4. The highest BCUT2D eigenvalue weighted by Gasteiger charge is 2.35. The normalized spacial score (nSPS) is 15.6. The van der Waals surface area contributed by atoms with Gasteiger partial charge in [0.25, 0.3) is 5.91 Å². The number of anilines is 1. The number of carbonyl (C=O) groups excluding carboxylic acids is 2. The second kappa shape index (κ2) is 7.31. The van der Waals surface area contributed by atoms with E-state index in [1.807, 2.05) is 56.3 Å². The molecule has 0 fully saturated rings. The molecule has 0 bridgehead atoms. The van der Waals surface area contributed by atoms with Crippen molar-refractivity contribution in [3.8, 4) is 0 Å². The van der Waals surface area contributed by atoms with Crippen LogP contribution in [0.5, 0.6) is 0 Å². The lowest BCUT2D eigenvalue weighted by atomic mass is 9.97. The van der Waals surface area contributed by atoms with Crippen LogP contribution in [0.2, 0.25) is 0 Å². The maximum atomic E-state index is 13.4. The van der Waals surface area contributed by atoms with Crippen molar-refractivity contribution >= 4 is 17.6 Å². The summed E-state index contributed by atoms with van der Waals surface area (Å²) in [5.41, 5.74) is 3.64. The number of hydrogen-bond acceptors (Lipinski definition) is 5. The number of aryl methyl sites for hydroxylation is 2. The average Bonchev–Trinajstić information content (AvgIpc) is 3.04. The Hall–Kier alpha value is -3.41. The standard InChI is InChI=1S/C22H20N2O4/c1-14-19(15(2)28-23-14)13-24(17-9-4-3-5-10-17)21(25)20-12-16-8-6-7-11-18(16)22(26)27-20/h3-11,20H,12-13H2,1-2H3/t20-/m0/s1. The van der Waals surface area contributed by atoms with Gasteiger partial charge in [0.05, 0.1) is 17.8 Å². The molecule has 0 N–H and O–H groups in total. The van der Waals surface area contributed by atoms with Crippen LogP contribution in [0, 0.1) is 13.8 Å². The molecule has 142 valence electrons. The van der Waals surface area contributed by atoms with E-state index in [0.717, 1.165) is 22.5 Å². The van der Waals surface area contributed by atoms with Gasteiger partial charge in [0.1, 0.15) is 5.76 Å². The highest BCUT2D eigenvalue weighted by atomic mass is 16.5. The molecule has 28 heavy (non-hydrogen) atoms. The first-order valence-corrected chi connectivity index (χ1v) is 9.11. The van der Waals surface area contributed by atoms with Gasteiger partial charge < -0.3 is 14.2 Å². The first-order chi connectivity index (χ1) is 13.5. The summed E-state index contributed by atoms with van der Waals surface area (Å²) in [6.45, 7) is 3.95. The van der Waals surface area contributed by atoms with Gasteiger partial charge in [0.2, 0.25) is 0 Å². The Morgan fingerprint density at radius 2 is 1.82 bits per heavy atom. The van der Waals surface area contributed by atoms with Crippen LogP contribution in [0.1, 0.15) is 32.9 Å². The zero-order valence-electron chi connectivity index (χ0n) is 15.7. The van der Waals surface area contributed by atoms with Gasteiger partial charge in [0, 0.05) is 17.7 Å². The molecule has 0 radical (unpaired) electrons. The summed E-state index contributed by atoms with van der Waals surface area (Å²) in [7, 11) is 0. The maximum absolute atomic E-state index is 13.4. The Kier molecular flexibility index (Phi) is 4.69. The Morgan fingerprint density at radius 1 is 1.11 bits per heavy atom. The highest BCUT2D eigenvalue weighted by Crippen LogP contribution is 2.26. The lowest BCUT2D eigenvalue weighted by molar-refractivity contribution is -0.127. The Morgan fingerprint density at radius 3 is 2.54 bits per heavy atom. The molecule has 1 atom stereocenters. The van der Waals surface area contributed by atoms with E-state index >= 15 is 0 Å². The first kappa shape index (κ1) is 18.0. The quantitative estimate of drug-likeness (QED) is 0.651. The molecule has 6 heteroatoms. The summed E-state index contributed by atoms with van der Waals surface area (Å²) in [6, 6.07) is 16.6. The minimum Gasteiger partial charge on any atom is -0.448 e. The smallest absolute Gasteiger partial charge is 0.339 e. The van der Waals surface area contributed by atoms with Crippen molar-refractivity contribution in [3.05, 3.63) is 82.7 Å². The van der Waals surface area contributed by atoms with E-state index in [1.54, 1.807) is 17.0 Å². The van der Waals surface area contributed by atoms with Gasteiger partial charge >= 0.3 is 5.97 Å². The van der Waals surface area contributed by atoms with Crippen LogP contribution in [0.15, 0.2) is 59.1 Å². The Bertz CT molecular complexity index is 1010. The third-order valence-corrected chi connectivity index (χ3v) is 5.00. The summed E-state index contributed by atoms with van der Waals surface area (Å²) in [4.78, 5) is 27.4. The van der Waals surface area contributed by atoms with E-state index in [9.17, 15) is 9.59 Å². The SMILES string of the molecule is Cc1noc(C)c1CN(C(=O)[C@@H]1Cc2ccccc2C(=O)O1)c1ccccc1. The summed E-state index contributed by atoms with van der Waals surface area (Å²) in [5.74, 6) is -0.0724. The molecule has 0 aliphatic carbocycles. The fourth-order valence-electron chi connectivity index (χ4n) is 3.43. The summed E-state index contributed by atoms with van der Waals surface area (Å²) < 4.78 is 10.7. The van der Waals surface area contributed by atoms with E-state index < -0.39 is 12.1 Å². The highest BCUT2D eigenvalue weighted by molar-refractivity contribution is 6.01. The van der Waals surface area contributed by atoms with E-state index in [4.69, 9.17) is 9.26 Å². The second-order valence-electron chi connectivity index (χ2n) is 6.82. The maximum Gasteiger partial charge on any atom is 0.339 e. The van der Waals surface area contributed by atoms with E-state index in [1.165, 1.54) is 0 Å². The van der Waals surface area contributed by atoms with Crippen LogP contribution in [0.4, 0.5) is 5.69 Å². The summed E-state index contributed by atoms with van der Waals surface area (Å²) >= 11 is 0. The summed E-state index contributed by atoms with van der Waals surface area (Å²) in [6.07, 6.45) is -0.519. The number of cyclic esters (lactones) is 1. The van der Waals surface area contributed by atoms with Crippen LogP contribution in [-0.4, -0.2) is 23.1 Å². The van der Waals surface area contributed by atoms with Gasteiger partial charge in [-0.1, -0.05) is 41.6 Å². The number of carbonyl (C=O) groups is 2. The van der Waals surface area contributed by atoms with Crippen molar-refractivity contribution in [2.75, 3.05) is 4.90 Å². The number of benzene rings is 2. The molecule has 1 aliphatic rings. The van der Waals surface area contributed by atoms with Crippen molar-refractivity contribution in [1.29, 1.82) is 0 Å². The minimum absolute atomic E-state index is 0.269. The number of aromatic nitrogens is 1. The van der Waals surface area contributed by atoms with Crippen LogP contribution < -0.4 is 4.90 Å². The fraction of sp³-hybridized carbons (Fsp3) is 0.227. The number of rotatable bonds is 4. The predicted molar refractivity (Wildman–Crippen MR) is 103 cm³/mol. The number of amides is 1. The molecule has 0 unspecified atom stereocenters. The van der Waals surface area contributed by atoms with E-state index in [-0.39, 0.29) is 5.91 Å². The number of nitrogens with zero attached hydrogens (tertiary/aromatic N) is 2. The van der Waals surface area contributed by atoms with Gasteiger partial charge in [-0.05, 0) is 37.6 Å². The molecule has 0 spiro atoms. The van der Waals surface area contributed by atoms with Crippen molar-refractivity contribution in [2.45, 2.75) is 32.9 Å². The Balaban J connectivity index is 1.67. The lowest BCUT2D eigenvalue weighted by Gasteiger charge is -2.30. The molecule has 0 saturated carbocycles. The monoisotopic (exact) mass is 376 g/mol. The van der Waals surface area contributed by atoms with Gasteiger partial charge in [-0.25, -0.2) is 4.79 Å². The average molecular weight is 376 g/mol. The number of ether oxygens (including phenoxy) is 1. The third kappa shape index (κ3) is 3.29. The van der Waals surface area contributed by atoms with E-state index in [2.05, 4.69) is 5.16 Å². The molecule has 4 rings (SSSR count). The van der Waals surface area contributed by atoms with Gasteiger partial charge in [0.15, 0.2) is 6.10 Å². The van der Waals surface area contributed by atoms with Crippen LogP contribution >= 0.6 is 0 Å². The molecule has 3 aromatic rings. The number of hydrogen-bond donors (Lipinski definition) is 0. The molecule has 2 aromatic carbocycles. The molecular weight excluding hydrogens is 356 g/mol. The first-order valence-electron chi connectivity index (χ1n) is 9.11. The number of fused-ring (bicyclic) bond motifs is 1. The van der Waals surface area contributed by atoms with Crippen molar-refractivity contribution in [3.63, 3.8) is 0 Å². The number of esters is 1. The zero-order chi connectivity index (χ0) is 19.7. The van der Waals surface area contributed by atoms with Crippen molar-refractivity contribution in [1.82, 2.24) is 5.16 Å². The molecule has 1 aromatic heterocycles. The Labute approximate surface area is 162 Å². The van der Waals surface area contributed by atoms with Crippen LogP contribution in [0.25, 0.3) is 0 Å². The molecule has 1 aliphatic heterocycles. The van der Waals surface area contributed by atoms with Crippen LogP contribution in [-0.2, 0) is 22.5 Å². The number of para-hydroxylation sites is 1. The van der Waals surface area contributed by atoms with Crippen molar-refractivity contribution < 1.29 is 18.8 Å². The topological polar surface area (TPSA) is 72.6 Å². The third-order valence-electron chi connectivity index (χ3n) is 5.00. The molecule has 6 nitrogen and oxygen atoms in total. The van der Waals surface area contributed by atoms with Crippen molar-refractivity contribution in [2.24, 2.45) is 0 Å². The van der Waals surface area contributed by atoms with Gasteiger partial charge in [-0.15, -0.1) is 0 Å². The summed E-state index contributed by atoms with van der Waals surface area (Å²) in [5, 5.41) is 3.98. The largest absolute Gasteiger partial charge is 0.448 e. The lowest BCUT2D eigenvalue weighted by Crippen LogP contribution is -2.44. The fourth-order valence-corrected chi connectivity index (χ4v) is 3.43. The molecule has 2 heterocycles. The zero-order valence-corrected chi connectivity index (χ0v) is 15.7.